The van der Waals surface area contributed by atoms with E-state index in [1.54, 1.807) is 59.2 Å². The van der Waals surface area contributed by atoms with Crippen LogP contribution < -0.4 is 0 Å². The van der Waals surface area contributed by atoms with E-state index in [4.69, 9.17) is 4.42 Å². The fourth-order valence-electron chi connectivity index (χ4n) is 3.76. The average Bonchev–Trinajstić information content (AvgIpc) is 3.55. The molecule has 1 amide bonds. The number of para-hydroxylation sites is 1. The molecular weight excluding hydrogens is 431 g/mol. The Labute approximate surface area is 195 Å². The standard InChI is InChI=1S/C27H21FN4O2/c1-31(17-19-15-30-32(18-19)20-9-3-2-4-10-20)27(33)22-12-6-5-11-21(22)26-29-16-25(34-26)23-13-7-8-14-24(23)28/h2-16,18H,17H2,1H3. The lowest BCUT2D eigenvalue weighted by molar-refractivity contribution is 0.0785. The summed E-state index contributed by atoms with van der Waals surface area (Å²) in [6, 6.07) is 23.2. The number of carbonyl (C=O) groups is 1. The van der Waals surface area contributed by atoms with Crippen LogP contribution in [0, 0.1) is 5.82 Å². The minimum absolute atomic E-state index is 0.186. The topological polar surface area (TPSA) is 64.2 Å². The fraction of sp³-hybridized carbons (Fsp3) is 0.0741. The average molecular weight is 452 g/mol. The van der Waals surface area contributed by atoms with E-state index in [1.807, 2.05) is 42.6 Å². The van der Waals surface area contributed by atoms with Crippen molar-refractivity contribution in [2.24, 2.45) is 0 Å². The molecule has 7 heteroatoms. The normalized spacial score (nSPS) is 10.9. The number of hydrogen-bond acceptors (Lipinski definition) is 4. The molecule has 5 rings (SSSR count). The van der Waals surface area contributed by atoms with Crippen molar-refractivity contribution in [2.45, 2.75) is 6.54 Å². The number of halogens is 1. The summed E-state index contributed by atoms with van der Waals surface area (Å²) >= 11 is 0. The van der Waals surface area contributed by atoms with Crippen LogP contribution in [0.25, 0.3) is 28.5 Å². The first-order valence-corrected chi connectivity index (χ1v) is 10.7. The monoisotopic (exact) mass is 452 g/mol. The SMILES string of the molecule is CN(Cc1cnn(-c2ccccc2)c1)C(=O)c1ccccc1-c1ncc(-c2ccccc2F)o1. The second kappa shape index (κ2) is 9.15. The molecule has 0 atom stereocenters. The molecule has 0 unspecified atom stereocenters. The van der Waals surface area contributed by atoms with Crippen molar-refractivity contribution in [1.82, 2.24) is 19.7 Å². The van der Waals surface area contributed by atoms with Crippen LogP contribution in [0.5, 0.6) is 0 Å². The highest BCUT2D eigenvalue weighted by Crippen LogP contribution is 2.30. The zero-order valence-electron chi connectivity index (χ0n) is 18.4. The van der Waals surface area contributed by atoms with Gasteiger partial charge in [-0.25, -0.2) is 14.1 Å². The van der Waals surface area contributed by atoms with Crippen molar-refractivity contribution in [3.8, 4) is 28.5 Å². The van der Waals surface area contributed by atoms with Crippen LogP contribution in [0.3, 0.4) is 0 Å². The molecule has 0 saturated heterocycles. The van der Waals surface area contributed by atoms with E-state index in [2.05, 4.69) is 10.1 Å². The van der Waals surface area contributed by atoms with Crippen LogP contribution in [0.2, 0.25) is 0 Å². The van der Waals surface area contributed by atoms with Gasteiger partial charge in [-0.3, -0.25) is 4.79 Å². The molecule has 2 heterocycles. The first-order chi connectivity index (χ1) is 16.6. The third kappa shape index (κ3) is 4.23. The van der Waals surface area contributed by atoms with Crippen molar-refractivity contribution < 1.29 is 13.6 Å². The summed E-state index contributed by atoms with van der Waals surface area (Å²) in [7, 11) is 1.74. The number of rotatable bonds is 6. The number of amides is 1. The smallest absolute Gasteiger partial charge is 0.254 e. The Balaban J connectivity index is 1.38. The van der Waals surface area contributed by atoms with Gasteiger partial charge < -0.3 is 9.32 Å². The summed E-state index contributed by atoms with van der Waals surface area (Å²) in [5.41, 5.74) is 3.15. The zero-order valence-corrected chi connectivity index (χ0v) is 18.4. The lowest BCUT2D eigenvalue weighted by atomic mass is 10.1. The molecule has 0 N–H and O–H groups in total. The molecule has 0 aliphatic carbocycles. The van der Waals surface area contributed by atoms with Gasteiger partial charge in [0.2, 0.25) is 5.89 Å². The maximum absolute atomic E-state index is 14.2. The third-order valence-corrected chi connectivity index (χ3v) is 5.46. The van der Waals surface area contributed by atoms with Crippen LogP contribution in [0.15, 0.2) is 102 Å². The van der Waals surface area contributed by atoms with Crippen molar-refractivity contribution in [1.29, 1.82) is 0 Å². The summed E-state index contributed by atoms with van der Waals surface area (Å²) < 4.78 is 21.8. The van der Waals surface area contributed by atoms with Gasteiger partial charge in [-0.1, -0.05) is 42.5 Å². The van der Waals surface area contributed by atoms with Crippen LogP contribution in [-0.2, 0) is 6.54 Å². The van der Waals surface area contributed by atoms with Gasteiger partial charge in [-0.05, 0) is 36.4 Å². The van der Waals surface area contributed by atoms with E-state index in [-0.39, 0.29) is 11.8 Å². The largest absolute Gasteiger partial charge is 0.436 e. The van der Waals surface area contributed by atoms with Crippen LogP contribution in [0.1, 0.15) is 15.9 Å². The van der Waals surface area contributed by atoms with Gasteiger partial charge in [0.15, 0.2) is 5.76 Å². The van der Waals surface area contributed by atoms with Gasteiger partial charge in [0.05, 0.1) is 29.2 Å². The molecule has 0 spiro atoms. The van der Waals surface area contributed by atoms with E-state index in [0.717, 1.165) is 11.3 Å². The van der Waals surface area contributed by atoms with Gasteiger partial charge in [0.25, 0.3) is 5.91 Å². The summed E-state index contributed by atoms with van der Waals surface area (Å²) in [5.74, 6) is -0.0245. The molecule has 0 saturated carbocycles. The summed E-state index contributed by atoms with van der Waals surface area (Å²) in [5, 5.41) is 4.40. The molecule has 0 aliphatic heterocycles. The Morgan fingerprint density at radius 1 is 0.941 bits per heavy atom. The van der Waals surface area contributed by atoms with Crippen LogP contribution in [0.4, 0.5) is 4.39 Å². The Kier molecular flexibility index (Phi) is 5.74. The first kappa shape index (κ1) is 21.3. The second-order valence-corrected chi connectivity index (χ2v) is 7.85. The van der Waals surface area contributed by atoms with Gasteiger partial charge in [-0.2, -0.15) is 5.10 Å². The number of benzene rings is 3. The Hall–Kier alpha value is -4.52. The molecule has 0 aliphatic rings. The van der Waals surface area contributed by atoms with Crippen molar-refractivity contribution in [3.63, 3.8) is 0 Å². The number of oxazole rings is 1. The molecule has 2 aromatic heterocycles. The molecule has 0 radical (unpaired) electrons. The van der Waals surface area contributed by atoms with E-state index in [1.165, 1.54) is 12.3 Å². The lowest BCUT2D eigenvalue weighted by Crippen LogP contribution is -2.26. The van der Waals surface area contributed by atoms with E-state index >= 15 is 0 Å². The predicted molar refractivity (Wildman–Crippen MR) is 127 cm³/mol. The van der Waals surface area contributed by atoms with Crippen molar-refractivity contribution in [2.75, 3.05) is 7.05 Å². The van der Waals surface area contributed by atoms with Crippen molar-refractivity contribution >= 4 is 5.91 Å². The molecule has 0 fully saturated rings. The molecule has 168 valence electrons. The maximum Gasteiger partial charge on any atom is 0.254 e. The number of hydrogen-bond donors (Lipinski definition) is 0. The zero-order chi connectivity index (χ0) is 23.5. The molecule has 0 bridgehead atoms. The number of aromatic nitrogens is 3. The number of carbonyl (C=O) groups excluding carboxylic acids is 1. The minimum Gasteiger partial charge on any atom is -0.436 e. The Morgan fingerprint density at radius 3 is 2.44 bits per heavy atom. The number of nitrogens with zero attached hydrogens (tertiary/aromatic N) is 4. The summed E-state index contributed by atoms with van der Waals surface area (Å²) in [4.78, 5) is 19.2. The van der Waals surface area contributed by atoms with E-state index in [0.29, 0.717) is 29.0 Å². The Bertz CT molecular complexity index is 1440. The van der Waals surface area contributed by atoms with Crippen LogP contribution >= 0.6 is 0 Å². The van der Waals surface area contributed by atoms with Gasteiger partial charge in [-0.15, -0.1) is 0 Å². The third-order valence-electron chi connectivity index (χ3n) is 5.46. The maximum atomic E-state index is 14.2. The van der Waals surface area contributed by atoms with Crippen LogP contribution in [-0.4, -0.2) is 32.6 Å². The highest BCUT2D eigenvalue weighted by molar-refractivity contribution is 5.99. The highest BCUT2D eigenvalue weighted by Gasteiger charge is 2.21. The molecule has 6 nitrogen and oxygen atoms in total. The Morgan fingerprint density at radius 2 is 1.65 bits per heavy atom. The van der Waals surface area contributed by atoms with E-state index in [9.17, 15) is 9.18 Å². The van der Waals surface area contributed by atoms with Gasteiger partial charge in [0, 0.05) is 30.9 Å². The molecular formula is C27H21FN4O2. The molecule has 5 aromatic rings. The summed E-state index contributed by atoms with van der Waals surface area (Å²) in [6.45, 7) is 0.381. The minimum atomic E-state index is -0.398. The van der Waals surface area contributed by atoms with Gasteiger partial charge in [0.1, 0.15) is 5.82 Å². The quantitative estimate of drug-likeness (QED) is 0.336. The van der Waals surface area contributed by atoms with Crippen molar-refractivity contribution in [3.05, 3.63) is 114 Å². The second-order valence-electron chi connectivity index (χ2n) is 7.85. The molecule has 34 heavy (non-hydrogen) atoms. The highest BCUT2D eigenvalue weighted by atomic mass is 19.1. The fourth-order valence-corrected chi connectivity index (χ4v) is 3.76. The predicted octanol–water partition coefficient (Wildman–Crippen LogP) is 5.61. The lowest BCUT2D eigenvalue weighted by Gasteiger charge is -2.17. The first-order valence-electron chi connectivity index (χ1n) is 10.7. The van der Waals surface area contributed by atoms with Gasteiger partial charge >= 0.3 is 0 Å². The van der Waals surface area contributed by atoms with E-state index < -0.39 is 5.82 Å². The summed E-state index contributed by atoms with van der Waals surface area (Å²) in [6.07, 6.45) is 5.12. The molecule has 3 aromatic carbocycles.